The molecule has 132 valence electrons. The molecule has 0 aliphatic rings. The van der Waals surface area contributed by atoms with Crippen molar-refractivity contribution in [3.8, 4) is 0 Å². The summed E-state index contributed by atoms with van der Waals surface area (Å²) in [6.45, 7) is -0.000124. The number of rotatable bonds is 4. The minimum Gasteiger partial charge on any atom is -0.457 e. The van der Waals surface area contributed by atoms with Crippen molar-refractivity contribution in [2.45, 2.75) is 13.5 Å². The third kappa shape index (κ3) is 3.28. The van der Waals surface area contributed by atoms with Crippen molar-refractivity contribution in [1.29, 1.82) is 0 Å². The minimum absolute atomic E-state index is 0.0742. The Balaban J connectivity index is 2.31. The standard InChI is InChI=1S/C15H8F5NO4/c1-6-7(3-2-4-9(6)21(23)24)15(22)25-5-8-10(16)12(18)14(20)13(19)11(8)17/h2-4H,5H2,1H3. The van der Waals surface area contributed by atoms with Crippen molar-refractivity contribution >= 4 is 11.7 Å². The van der Waals surface area contributed by atoms with E-state index in [-0.39, 0.29) is 11.1 Å². The summed E-state index contributed by atoms with van der Waals surface area (Å²) in [5, 5.41) is 10.8. The van der Waals surface area contributed by atoms with Gasteiger partial charge in [-0.25, -0.2) is 26.7 Å². The molecule has 0 saturated heterocycles. The molecule has 0 N–H and O–H groups in total. The van der Waals surface area contributed by atoms with Gasteiger partial charge in [-0.05, 0) is 13.0 Å². The zero-order valence-electron chi connectivity index (χ0n) is 12.4. The lowest BCUT2D eigenvalue weighted by molar-refractivity contribution is -0.385. The Bertz CT molecular complexity index is 856. The maximum atomic E-state index is 13.5. The number of nitro groups is 1. The lowest BCUT2D eigenvalue weighted by atomic mass is 10.1. The van der Waals surface area contributed by atoms with Crippen LogP contribution in [0, 0.1) is 46.1 Å². The molecule has 0 heterocycles. The molecule has 0 radical (unpaired) electrons. The van der Waals surface area contributed by atoms with Gasteiger partial charge in [0.05, 0.1) is 16.1 Å². The zero-order valence-corrected chi connectivity index (χ0v) is 12.4. The molecular weight excluding hydrogens is 353 g/mol. The SMILES string of the molecule is Cc1c(C(=O)OCc2c(F)c(F)c(F)c(F)c2F)cccc1[N+](=O)[O-]. The van der Waals surface area contributed by atoms with Crippen molar-refractivity contribution in [3.63, 3.8) is 0 Å². The van der Waals surface area contributed by atoms with Crippen molar-refractivity contribution in [2.24, 2.45) is 0 Å². The van der Waals surface area contributed by atoms with E-state index in [1.54, 1.807) is 0 Å². The summed E-state index contributed by atoms with van der Waals surface area (Å²) in [6, 6.07) is 3.46. The molecule has 0 atom stereocenters. The van der Waals surface area contributed by atoms with E-state index in [1.165, 1.54) is 13.0 Å². The fraction of sp³-hybridized carbons (Fsp3) is 0.133. The second-order valence-corrected chi connectivity index (χ2v) is 4.83. The van der Waals surface area contributed by atoms with Crippen LogP contribution in [0.5, 0.6) is 0 Å². The van der Waals surface area contributed by atoms with Gasteiger partial charge in [0.1, 0.15) is 6.61 Å². The highest BCUT2D eigenvalue weighted by Gasteiger charge is 2.27. The summed E-state index contributed by atoms with van der Waals surface area (Å²) in [6.07, 6.45) is 0. The number of hydrogen-bond acceptors (Lipinski definition) is 4. The third-order valence-electron chi connectivity index (χ3n) is 3.37. The van der Waals surface area contributed by atoms with Crippen LogP contribution in [0.25, 0.3) is 0 Å². The lowest BCUT2D eigenvalue weighted by Crippen LogP contribution is -2.13. The molecule has 0 unspecified atom stereocenters. The Morgan fingerprint density at radius 3 is 2.08 bits per heavy atom. The number of carbonyl (C=O) groups excluding carboxylic acids is 1. The Hall–Kier alpha value is -3.04. The number of nitro benzene ring substituents is 1. The summed E-state index contributed by atoms with van der Waals surface area (Å²) in [4.78, 5) is 22.0. The number of carbonyl (C=O) groups is 1. The van der Waals surface area contributed by atoms with Crippen LogP contribution in [0.15, 0.2) is 18.2 Å². The van der Waals surface area contributed by atoms with E-state index < -0.39 is 57.8 Å². The average Bonchev–Trinajstić information content (AvgIpc) is 2.58. The van der Waals surface area contributed by atoms with E-state index >= 15 is 0 Å². The molecule has 5 nitrogen and oxygen atoms in total. The van der Waals surface area contributed by atoms with Gasteiger partial charge in [0.25, 0.3) is 5.69 Å². The first-order valence-corrected chi connectivity index (χ1v) is 6.58. The summed E-state index contributed by atoms with van der Waals surface area (Å²) < 4.78 is 70.6. The number of ether oxygens (including phenoxy) is 1. The molecule has 0 saturated carbocycles. The summed E-state index contributed by atoms with van der Waals surface area (Å²) in [7, 11) is 0. The summed E-state index contributed by atoms with van der Waals surface area (Å²) in [5.74, 6) is -12.1. The number of hydrogen-bond donors (Lipinski definition) is 0. The third-order valence-corrected chi connectivity index (χ3v) is 3.37. The highest BCUT2D eigenvalue weighted by molar-refractivity contribution is 5.92. The van der Waals surface area contributed by atoms with Gasteiger partial charge in [-0.15, -0.1) is 0 Å². The minimum atomic E-state index is -2.33. The first kappa shape index (κ1) is 18.3. The quantitative estimate of drug-likeness (QED) is 0.206. The molecule has 0 bridgehead atoms. The van der Waals surface area contributed by atoms with Crippen LogP contribution < -0.4 is 0 Å². The first-order chi connectivity index (χ1) is 11.7. The summed E-state index contributed by atoms with van der Waals surface area (Å²) >= 11 is 0. The first-order valence-electron chi connectivity index (χ1n) is 6.58. The predicted molar refractivity (Wildman–Crippen MR) is 73.2 cm³/mol. The molecule has 2 aromatic carbocycles. The van der Waals surface area contributed by atoms with Gasteiger partial charge in [-0.1, -0.05) is 6.07 Å². The van der Waals surface area contributed by atoms with E-state index in [2.05, 4.69) is 4.74 Å². The van der Waals surface area contributed by atoms with Crippen LogP contribution in [-0.2, 0) is 11.3 Å². The topological polar surface area (TPSA) is 69.4 Å². The normalized spacial score (nSPS) is 10.6. The molecule has 2 rings (SSSR count). The fourth-order valence-corrected chi connectivity index (χ4v) is 2.03. The van der Waals surface area contributed by atoms with Crippen molar-refractivity contribution in [2.75, 3.05) is 0 Å². The van der Waals surface area contributed by atoms with Crippen molar-refractivity contribution in [1.82, 2.24) is 0 Å². The van der Waals surface area contributed by atoms with Gasteiger partial charge >= 0.3 is 5.97 Å². The van der Waals surface area contributed by atoms with E-state index in [0.717, 1.165) is 12.1 Å². The summed E-state index contributed by atoms with van der Waals surface area (Å²) in [5.41, 5.74) is -2.08. The van der Waals surface area contributed by atoms with Gasteiger partial charge < -0.3 is 4.74 Å². The second-order valence-electron chi connectivity index (χ2n) is 4.83. The maximum Gasteiger partial charge on any atom is 0.338 e. The van der Waals surface area contributed by atoms with E-state index in [4.69, 9.17) is 0 Å². The number of halogens is 5. The second kappa shape index (κ2) is 6.83. The Morgan fingerprint density at radius 2 is 1.56 bits per heavy atom. The van der Waals surface area contributed by atoms with E-state index in [1.807, 2.05) is 0 Å². The van der Waals surface area contributed by atoms with Gasteiger partial charge in [0, 0.05) is 11.6 Å². The molecule has 0 aliphatic carbocycles. The van der Waals surface area contributed by atoms with Crippen LogP contribution in [0.4, 0.5) is 27.6 Å². The molecular formula is C15H8F5NO4. The van der Waals surface area contributed by atoms with Gasteiger partial charge in [-0.2, -0.15) is 0 Å². The van der Waals surface area contributed by atoms with Crippen LogP contribution >= 0.6 is 0 Å². The van der Waals surface area contributed by atoms with Gasteiger partial charge in [-0.3, -0.25) is 10.1 Å². The molecule has 0 amide bonds. The van der Waals surface area contributed by atoms with Crippen LogP contribution in [-0.4, -0.2) is 10.9 Å². The van der Waals surface area contributed by atoms with Gasteiger partial charge in [0.2, 0.25) is 5.82 Å². The smallest absolute Gasteiger partial charge is 0.338 e. The average molecular weight is 361 g/mol. The van der Waals surface area contributed by atoms with E-state index in [0.29, 0.717) is 0 Å². The molecule has 10 heteroatoms. The zero-order chi connectivity index (χ0) is 18.9. The Morgan fingerprint density at radius 1 is 1.04 bits per heavy atom. The molecule has 2 aromatic rings. The lowest BCUT2D eigenvalue weighted by Gasteiger charge is -2.10. The molecule has 0 aliphatic heterocycles. The van der Waals surface area contributed by atoms with Crippen LogP contribution in [0.2, 0.25) is 0 Å². The molecule has 0 fully saturated rings. The van der Waals surface area contributed by atoms with Gasteiger partial charge in [0.15, 0.2) is 23.3 Å². The largest absolute Gasteiger partial charge is 0.457 e. The Labute approximate surface area is 136 Å². The van der Waals surface area contributed by atoms with Crippen molar-refractivity contribution in [3.05, 3.63) is 74.1 Å². The molecule has 0 aromatic heterocycles. The van der Waals surface area contributed by atoms with E-state index in [9.17, 15) is 36.9 Å². The fourth-order valence-electron chi connectivity index (χ4n) is 2.03. The van der Waals surface area contributed by atoms with Crippen LogP contribution in [0.1, 0.15) is 21.5 Å². The molecule has 0 spiro atoms. The number of nitrogens with zero attached hydrogens (tertiary/aromatic N) is 1. The van der Waals surface area contributed by atoms with Crippen molar-refractivity contribution < 1.29 is 36.4 Å². The number of benzene rings is 2. The van der Waals surface area contributed by atoms with Crippen LogP contribution in [0.3, 0.4) is 0 Å². The highest BCUT2D eigenvalue weighted by Crippen LogP contribution is 2.25. The predicted octanol–water partition coefficient (Wildman–Crippen LogP) is 3.96. The molecule has 25 heavy (non-hydrogen) atoms. The maximum absolute atomic E-state index is 13.5. The monoisotopic (exact) mass is 361 g/mol. The highest BCUT2D eigenvalue weighted by atomic mass is 19.2. The number of esters is 1. The Kier molecular flexibility index (Phi) is 5.00.